The molecule has 0 bridgehead atoms. The van der Waals surface area contributed by atoms with Gasteiger partial charge >= 0.3 is 0 Å². The molecule has 0 fully saturated rings. The summed E-state index contributed by atoms with van der Waals surface area (Å²) in [5.41, 5.74) is 3.57. The zero-order chi connectivity index (χ0) is 19.6. The van der Waals surface area contributed by atoms with Crippen molar-refractivity contribution in [2.45, 2.75) is 32.7 Å². The van der Waals surface area contributed by atoms with E-state index in [1.54, 1.807) is 24.4 Å². The Morgan fingerprint density at radius 1 is 1.39 bits per heavy atom. The highest BCUT2D eigenvalue weighted by atomic mass is 35.5. The number of aromatic nitrogens is 1. The Bertz CT molecular complexity index is 921. The average molecular weight is 401 g/mol. The van der Waals surface area contributed by atoms with E-state index in [1.165, 1.54) is 0 Å². The molecule has 0 atom stereocenters. The molecule has 3 rings (SSSR count). The lowest BCUT2D eigenvalue weighted by Crippen LogP contribution is -2.40. The predicted molar refractivity (Wildman–Crippen MR) is 111 cm³/mol. The Morgan fingerprint density at radius 3 is 2.82 bits per heavy atom. The second kappa shape index (κ2) is 8.59. The summed E-state index contributed by atoms with van der Waals surface area (Å²) in [6.07, 6.45) is 1.70. The van der Waals surface area contributed by atoms with Crippen molar-refractivity contribution in [2.24, 2.45) is 0 Å². The lowest BCUT2D eigenvalue weighted by molar-refractivity contribution is 0.102. The van der Waals surface area contributed by atoms with Crippen LogP contribution in [0.2, 0.25) is 0 Å². The Kier molecular flexibility index (Phi) is 6.65. The van der Waals surface area contributed by atoms with Crippen molar-refractivity contribution in [3.63, 3.8) is 0 Å². The summed E-state index contributed by atoms with van der Waals surface area (Å²) in [4.78, 5) is 19.5. The molecule has 1 amide bonds. The second-order valence-corrected chi connectivity index (χ2v) is 7.50. The van der Waals surface area contributed by atoms with E-state index in [-0.39, 0.29) is 23.7 Å². The highest BCUT2D eigenvalue weighted by Crippen LogP contribution is 2.32. The molecule has 28 heavy (non-hydrogen) atoms. The summed E-state index contributed by atoms with van der Waals surface area (Å²) in [5.74, 6) is 0.206. The number of rotatable bonds is 4. The van der Waals surface area contributed by atoms with Crippen LogP contribution in [0.1, 0.15) is 48.0 Å². The number of benzene rings is 1. The fraction of sp³-hybridized carbons (Fsp3) is 0.381. The first-order chi connectivity index (χ1) is 12.8. The lowest BCUT2D eigenvalue weighted by atomic mass is 9.82. The molecule has 2 heterocycles. The van der Waals surface area contributed by atoms with E-state index < -0.39 is 0 Å². The number of hydrogen-bond acceptors (Lipinski definition) is 5. The maximum atomic E-state index is 12.6. The van der Waals surface area contributed by atoms with E-state index in [1.807, 2.05) is 13.0 Å². The largest absolute Gasteiger partial charge is 0.492 e. The van der Waals surface area contributed by atoms with Gasteiger partial charge in [0.1, 0.15) is 11.8 Å². The number of carbonyl (C=O) groups is 1. The first-order valence-electron chi connectivity index (χ1n) is 9.00. The number of nitriles is 1. The van der Waals surface area contributed by atoms with Crippen LogP contribution in [0.15, 0.2) is 30.5 Å². The zero-order valence-electron chi connectivity index (χ0n) is 16.6. The second-order valence-electron chi connectivity index (χ2n) is 7.50. The van der Waals surface area contributed by atoms with Gasteiger partial charge in [-0.15, -0.1) is 12.4 Å². The fourth-order valence-corrected chi connectivity index (χ4v) is 3.65. The summed E-state index contributed by atoms with van der Waals surface area (Å²) >= 11 is 0. The van der Waals surface area contributed by atoms with Crippen LogP contribution in [-0.2, 0) is 12.0 Å². The standard InChI is InChI=1S/C21H24N4O2.ClH/c1-5-27-18-7-6-14(8-15(18)10-22)20(26)24-17-9-16-12-25(4)13-21(2,3)19(16)23-11-17;/h6-9,11H,5,12-13H2,1-4H3,(H,24,26);1H. The van der Waals surface area contributed by atoms with Gasteiger partial charge in [-0.3, -0.25) is 9.78 Å². The Balaban J connectivity index is 0.00000280. The average Bonchev–Trinajstić information content (AvgIpc) is 2.61. The molecule has 0 spiro atoms. The maximum absolute atomic E-state index is 12.6. The number of halogens is 1. The number of amides is 1. The zero-order valence-corrected chi connectivity index (χ0v) is 17.4. The fourth-order valence-electron chi connectivity index (χ4n) is 3.65. The quantitative estimate of drug-likeness (QED) is 0.845. The van der Waals surface area contributed by atoms with Crippen LogP contribution in [0.3, 0.4) is 0 Å². The third-order valence-electron chi connectivity index (χ3n) is 4.63. The van der Waals surface area contributed by atoms with Gasteiger partial charge in [-0.05, 0) is 43.8 Å². The molecule has 0 saturated heterocycles. The van der Waals surface area contributed by atoms with Gasteiger partial charge in [0.2, 0.25) is 0 Å². The van der Waals surface area contributed by atoms with Crippen molar-refractivity contribution in [1.29, 1.82) is 5.26 Å². The first kappa shape index (κ1) is 21.7. The maximum Gasteiger partial charge on any atom is 0.255 e. The Morgan fingerprint density at radius 2 is 2.14 bits per heavy atom. The van der Waals surface area contributed by atoms with Crippen molar-refractivity contribution < 1.29 is 9.53 Å². The molecule has 0 aliphatic carbocycles. The summed E-state index contributed by atoms with van der Waals surface area (Å²) in [6.45, 7) is 8.42. The van der Waals surface area contributed by atoms with Gasteiger partial charge in [0.25, 0.3) is 5.91 Å². The lowest BCUT2D eigenvalue weighted by Gasteiger charge is -2.37. The number of nitrogens with one attached hydrogen (secondary N) is 1. The molecule has 6 nitrogen and oxygen atoms in total. The predicted octanol–water partition coefficient (Wildman–Crippen LogP) is 3.75. The molecule has 0 saturated carbocycles. The number of fused-ring (bicyclic) bond motifs is 1. The minimum Gasteiger partial charge on any atom is -0.492 e. The molecule has 148 valence electrons. The van der Waals surface area contributed by atoms with Gasteiger partial charge in [-0.1, -0.05) is 13.8 Å². The van der Waals surface area contributed by atoms with Crippen LogP contribution < -0.4 is 10.1 Å². The third-order valence-corrected chi connectivity index (χ3v) is 4.63. The molecule has 1 aromatic heterocycles. The molecular weight excluding hydrogens is 376 g/mol. The minimum absolute atomic E-state index is 0. The Labute approximate surface area is 171 Å². The first-order valence-corrected chi connectivity index (χ1v) is 9.00. The molecule has 0 radical (unpaired) electrons. The molecule has 2 aromatic rings. The SMILES string of the molecule is CCOc1ccc(C(=O)Nc2cnc3c(c2)CN(C)CC3(C)C)cc1C#N.Cl. The molecule has 1 N–H and O–H groups in total. The summed E-state index contributed by atoms with van der Waals surface area (Å²) < 4.78 is 5.40. The number of pyridine rings is 1. The van der Waals surface area contributed by atoms with Crippen LogP contribution in [0.25, 0.3) is 0 Å². The monoisotopic (exact) mass is 400 g/mol. The van der Waals surface area contributed by atoms with E-state index in [0.717, 1.165) is 24.3 Å². The number of ether oxygens (including phenoxy) is 1. The van der Waals surface area contributed by atoms with Gasteiger partial charge in [0, 0.05) is 24.1 Å². The number of carbonyl (C=O) groups excluding carboxylic acids is 1. The van der Waals surface area contributed by atoms with Crippen molar-refractivity contribution in [3.05, 3.63) is 52.8 Å². The van der Waals surface area contributed by atoms with E-state index in [2.05, 4.69) is 42.2 Å². The Hall–Kier alpha value is -2.62. The highest BCUT2D eigenvalue weighted by Gasteiger charge is 2.31. The van der Waals surface area contributed by atoms with Gasteiger partial charge in [0.05, 0.1) is 29.7 Å². The van der Waals surface area contributed by atoms with Crippen LogP contribution in [0.5, 0.6) is 5.75 Å². The number of anilines is 1. The van der Waals surface area contributed by atoms with Gasteiger partial charge in [-0.25, -0.2) is 0 Å². The van der Waals surface area contributed by atoms with Crippen molar-refractivity contribution in [2.75, 3.05) is 25.5 Å². The van der Waals surface area contributed by atoms with Crippen molar-refractivity contribution in [3.8, 4) is 11.8 Å². The molecule has 7 heteroatoms. The number of nitrogens with zero attached hydrogens (tertiary/aromatic N) is 3. The number of likely N-dealkylation sites (N-methyl/N-ethyl adjacent to an activating group) is 1. The molecule has 0 unspecified atom stereocenters. The summed E-state index contributed by atoms with van der Waals surface area (Å²) in [7, 11) is 2.08. The van der Waals surface area contributed by atoms with Crippen LogP contribution in [-0.4, -0.2) is 36.0 Å². The number of hydrogen-bond donors (Lipinski definition) is 1. The van der Waals surface area contributed by atoms with E-state index in [9.17, 15) is 10.1 Å². The third kappa shape index (κ3) is 4.44. The normalized spacial score (nSPS) is 15.0. The van der Waals surface area contributed by atoms with E-state index in [0.29, 0.717) is 29.2 Å². The van der Waals surface area contributed by atoms with Gasteiger partial charge in [0.15, 0.2) is 0 Å². The van der Waals surface area contributed by atoms with Crippen molar-refractivity contribution >= 4 is 24.0 Å². The molecule has 1 aliphatic heterocycles. The van der Waals surface area contributed by atoms with Crippen LogP contribution in [0, 0.1) is 11.3 Å². The van der Waals surface area contributed by atoms with E-state index >= 15 is 0 Å². The molecule has 1 aromatic carbocycles. The topological polar surface area (TPSA) is 78.2 Å². The summed E-state index contributed by atoms with van der Waals surface area (Å²) in [5, 5.41) is 12.2. The molecular formula is C21H25ClN4O2. The van der Waals surface area contributed by atoms with Crippen LogP contribution >= 0.6 is 12.4 Å². The van der Waals surface area contributed by atoms with Crippen molar-refractivity contribution in [1.82, 2.24) is 9.88 Å². The summed E-state index contributed by atoms with van der Waals surface area (Å²) in [6, 6.07) is 8.91. The highest BCUT2D eigenvalue weighted by molar-refractivity contribution is 6.04. The smallest absolute Gasteiger partial charge is 0.255 e. The van der Waals surface area contributed by atoms with E-state index in [4.69, 9.17) is 4.74 Å². The van der Waals surface area contributed by atoms with Crippen LogP contribution in [0.4, 0.5) is 5.69 Å². The van der Waals surface area contributed by atoms with Gasteiger partial charge < -0.3 is 15.0 Å². The molecule has 1 aliphatic rings. The minimum atomic E-state index is -0.278. The van der Waals surface area contributed by atoms with Gasteiger partial charge in [-0.2, -0.15) is 5.26 Å².